The van der Waals surface area contributed by atoms with E-state index in [2.05, 4.69) is 15.7 Å². The molecule has 3 N–H and O–H groups in total. The third-order valence-corrected chi connectivity index (χ3v) is 3.93. The molecule has 7 nitrogen and oxygen atoms in total. The molecule has 0 spiro atoms. The van der Waals surface area contributed by atoms with Gasteiger partial charge >= 0.3 is 0 Å². The number of carbonyl (C=O) groups is 2. The van der Waals surface area contributed by atoms with Crippen molar-refractivity contribution in [1.29, 1.82) is 0 Å². The van der Waals surface area contributed by atoms with Crippen molar-refractivity contribution < 1.29 is 14.5 Å². The summed E-state index contributed by atoms with van der Waals surface area (Å²) in [4.78, 5) is 25.0. The summed E-state index contributed by atoms with van der Waals surface area (Å²) in [5.41, 5.74) is 3.30. The number of hydrogen-bond acceptors (Lipinski definition) is 3. The lowest BCUT2D eigenvalue weighted by Crippen LogP contribution is -3.11. The molecule has 0 fully saturated rings. The van der Waals surface area contributed by atoms with Crippen LogP contribution in [-0.4, -0.2) is 47.8 Å². The van der Waals surface area contributed by atoms with Crippen LogP contribution in [0.15, 0.2) is 30.3 Å². The van der Waals surface area contributed by atoms with Gasteiger partial charge in [-0.05, 0) is 39.8 Å². The predicted molar refractivity (Wildman–Crippen MR) is 102 cm³/mol. The van der Waals surface area contributed by atoms with Gasteiger partial charge < -0.3 is 15.5 Å². The highest BCUT2D eigenvalue weighted by molar-refractivity contribution is 5.92. The summed E-state index contributed by atoms with van der Waals surface area (Å²) < 4.78 is 1.82. The molecule has 1 aromatic heterocycles. The lowest BCUT2D eigenvalue weighted by Gasteiger charge is -2.15. The molecular formula is C19H28N5O2+. The Balaban J connectivity index is 2.01. The van der Waals surface area contributed by atoms with Gasteiger partial charge in [-0.15, -0.1) is 0 Å². The number of amides is 2. The lowest BCUT2D eigenvalue weighted by molar-refractivity contribution is -0.862. The van der Waals surface area contributed by atoms with Crippen LogP contribution in [0.25, 0.3) is 5.69 Å². The van der Waals surface area contributed by atoms with Crippen LogP contribution in [0.3, 0.4) is 0 Å². The molecular weight excluding hydrogens is 330 g/mol. The third kappa shape index (κ3) is 5.16. The first kappa shape index (κ1) is 19.7. The average molecular weight is 358 g/mol. The molecule has 7 heteroatoms. The SMILES string of the molecule is Cc1nn(-c2ccccc2)c(C)c1NC(=O)C[NH+](C)CC(=O)NC(C)C. The van der Waals surface area contributed by atoms with Gasteiger partial charge in [-0.2, -0.15) is 5.10 Å². The summed E-state index contributed by atoms with van der Waals surface area (Å²) in [5, 5.41) is 10.3. The number of nitrogens with zero attached hydrogens (tertiary/aromatic N) is 2. The van der Waals surface area contributed by atoms with E-state index in [0.29, 0.717) is 0 Å². The maximum absolute atomic E-state index is 12.4. The van der Waals surface area contributed by atoms with E-state index in [0.717, 1.165) is 27.7 Å². The number of aromatic nitrogens is 2. The van der Waals surface area contributed by atoms with Gasteiger partial charge in [0.25, 0.3) is 11.8 Å². The summed E-state index contributed by atoms with van der Waals surface area (Å²) in [6.45, 7) is 8.09. The van der Waals surface area contributed by atoms with Crippen molar-refractivity contribution in [2.45, 2.75) is 33.7 Å². The van der Waals surface area contributed by atoms with Crippen LogP contribution in [-0.2, 0) is 9.59 Å². The zero-order valence-electron chi connectivity index (χ0n) is 16.1. The highest BCUT2D eigenvalue weighted by Crippen LogP contribution is 2.22. The molecule has 2 amide bonds. The summed E-state index contributed by atoms with van der Waals surface area (Å²) >= 11 is 0. The fourth-order valence-electron chi connectivity index (χ4n) is 2.81. The Morgan fingerprint density at radius 2 is 1.73 bits per heavy atom. The van der Waals surface area contributed by atoms with Crippen molar-refractivity contribution in [2.75, 3.05) is 25.5 Å². The maximum atomic E-state index is 12.4. The van der Waals surface area contributed by atoms with E-state index in [1.807, 2.05) is 69.8 Å². The predicted octanol–water partition coefficient (Wildman–Crippen LogP) is 0.467. The molecule has 1 atom stereocenters. The average Bonchev–Trinajstić information content (AvgIpc) is 2.82. The summed E-state index contributed by atoms with van der Waals surface area (Å²) in [6.07, 6.45) is 0. The molecule has 0 bridgehead atoms. The fraction of sp³-hybridized carbons (Fsp3) is 0.421. The zero-order chi connectivity index (χ0) is 19.3. The Morgan fingerprint density at radius 1 is 1.12 bits per heavy atom. The number of para-hydroxylation sites is 1. The fourth-order valence-corrected chi connectivity index (χ4v) is 2.81. The molecule has 0 aliphatic heterocycles. The van der Waals surface area contributed by atoms with Gasteiger partial charge in [0, 0.05) is 6.04 Å². The zero-order valence-corrected chi connectivity index (χ0v) is 16.1. The van der Waals surface area contributed by atoms with Crippen LogP contribution >= 0.6 is 0 Å². The van der Waals surface area contributed by atoms with Crippen LogP contribution in [0, 0.1) is 13.8 Å². The van der Waals surface area contributed by atoms with Gasteiger partial charge in [0.1, 0.15) is 0 Å². The quantitative estimate of drug-likeness (QED) is 0.673. The van der Waals surface area contributed by atoms with Crippen molar-refractivity contribution in [3.05, 3.63) is 41.7 Å². The van der Waals surface area contributed by atoms with E-state index in [1.54, 1.807) is 0 Å². The van der Waals surface area contributed by atoms with E-state index >= 15 is 0 Å². The standard InChI is InChI=1S/C19H27N5O2/c1-13(2)20-17(25)11-23(5)12-18(26)21-19-14(3)22-24(15(19)4)16-9-7-6-8-10-16/h6-10,13H,11-12H2,1-5H3,(H,20,25)(H,21,26)/p+1. The van der Waals surface area contributed by atoms with Gasteiger partial charge in [0.05, 0.1) is 29.8 Å². The first-order valence-electron chi connectivity index (χ1n) is 8.80. The smallest absolute Gasteiger partial charge is 0.279 e. The van der Waals surface area contributed by atoms with Gasteiger partial charge in [0.15, 0.2) is 13.1 Å². The molecule has 0 saturated carbocycles. The molecule has 1 unspecified atom stereocenters. The monoisotopic (exact) mass is 358 g/mol. The molecule has 0 aliphatic rings. The minimum atomic E-state index is -0.140. The number of likely N-dealkylation sites (N-methyl/N-ethyl adjacent to an activating group) is 1. The second kappa shape index (κ2) is 8.62. The largest absolute Gasteiger partial charge is 0.349 e. The van der Waals surface area contributed by atoms with Crippen molar-refractivity contribution in [3.63, 3.8) is 0 Å². The third-order valence-electron chi connectivity index (χ3n) is 3.93. The minimum absolute atomic E-state index is 0.0606. The first-order valence-corrected chi connectivity index (χ1v) is 8.80. The summed E-state index contributed by atoms with van der Waals surface area (Å²) in [7, 11) is 1.83. The number of carbonyl (C=O) groups excluding carboxylic acids is 2. The number of hydrogen-bond donors (Lipinski definition) is 3. The van der Waals surface area contributed by atoms with Gasteiger partial charge in [0.2, 0.25) is 0 Å². The number of aryl methyl sites for hydroxylation is 1. The molecule has 1 heterocycles. The molecule has 0 saturated heterocycles. The van der Waals surface area contributed by atoms with E-state index < -0.39 is 0 Å². The number of anilines is 1. The van der Waals surface area contributed by atoms with Crippen LogP contribution in [0.5, 0.6) is 0 Å². The van der Waals surface area contributed by atoms with Crippen molar-refractivity contribution in [2.24, 2.45) is 0 Å². The highest BCUT2D eigenvalue weighted by Gasteiger charge is 2.19. The van der Waals surface area contributed by atoms with Crippen LogP contribution < -0.4 is 15.5 Å². The molecule has 26 heavy (non-hydrogen) atoms. The molecule has 2 rings (SSSR count). The Kier molecular flexibility index (Phi) is 6.52. The normalized spacial score (nSPS) is 12.1. The van der Waals surface area contributed by atoms with Crippen molar-refractivity contribution in [1.82, 2.24) is 15.1 Å². The van der Waals surface area contributed by atoms with Gasteiger partial charge in [-0.1, -0.05) is 18.2 Å². The number of rotatable bonds is 7. The van der Waals surface area contributed by atoms with Crippen LogP contribution in [0.2, 0.25) is 0 Å². The van der Waals surface area contributed by atoms with Crippen molar-refractivity contribution in [3.8, 4) is 5.69 Å². The number of benzene rings is 1. The Morgan fingerprint density at radius 3 is 2.35 bits per heavy atom. The summed E-state index contributed by atoms with van der Waals surface area (Å²) in [6, 6.07) is 9.88. The number of quaternary nitrogens is 1. The Hall–Kier alpha value is -2.67. The van der Waals surface area contributed by atoms with Gasteiger partial charge in [-0.3, -0.25) is 9.59 Å². The molecule has 1 aromatic carbocycles. The van der Waals surface area contributed by atoms with E-state index in [9.17, 15) is 9.59 Å². The Labute approximate surface area is 154 Å². The first-order chi connectivity index (χ1) is 12.3. The van der Waals surface area contributed by atoms with Crippen LogP contribution in [0.4, 0.5) is 5.69 Å². The van der Waals surface area contributed by atoms with Crippen LogP contribution in [0.1, 0.15) is 25.2 Å². The molecule has 0 aliphatic carbocycles. The van der Waals surface area contributed by atoms with E-state index in [1.165, 1.54) is 0 Å². The van der Waals surface area contributed by atoms with Crippen molar-refractivity contribution >= 4 is 17.5 Å². The molecule has 140 valence electrons. The highest BCUT2D eigenvalue weighted by atomic mass is 16.2. The topological polar surface area (TPSA) is 80.5 Å². The summed E-state index contributed by atoms with van der Waals surface area (Å²) in [5.74, 6) is -0.201. The van der Waals surface area contributed by atoms with E-state index in [4.69, 9.17) is 0 Å². The second-order valence-corrected chi connectivity index (χ2v) is 6.87. The molecule has 2 aromatic rings. The Bertz CT molecular complexity index is 768. The van der Waals surface area contributed by atoms with Gasteiger partial charge in [-0.25, -0.2) is 4.68 Å². The lowest BCUT2D eigenvalue weighted by atomic mass is 10.3. The second-order valence-electron chi connectivity index (χ2n) is 6.87. The maximum Gasteiger partial charge on any atom is 0.279 e. The molecule has 0 radical (unpaired) electrons. The minimum Gasteiger partial charge on any atom is -0.349 e. The van der Waals surface area contributed by atoms with E-state index in [-0.39, 0.29) is 30.9 Å². The number of nitrogens with one attached hydrogen (secondary N) is 3.